The molecule has 21 heavy (non-hydrogen) atoms. The predicted molar refractivity (Wildman–Crippen MR) is 76.1 cm³/mol. The second-order valence-corrected chi connectivity index (χ2v) is 4.35. The van der Waals surface area contributed by atoms with Gasteiger partial charge in [-0.15, -0.1) is 0 Å². The third kappa shape index (κ3) is 2.43. The number of hydrogen-bond acceptors (Lipinski definition) is 5. The highest BCUT2D eigenvalue weighted by Crippen LogP contribution is 2.31. The van der Waals surface area contributed by atoms with Crippen LogP contribution in [0.2, 0.25) is 0 Å². The Morgan fingerprint density at radius 3 is 2.76 bits per heavy atom. The molecule has 6 heteroatoms. The second-order valence-electron chi connectivity index (χ2n) is 4.35. The Morgan fingerprint density at radius 2 is 1.95 bits per heavy atom. The number of nitrogens with zero attached hydrogens (tertiary/aromatic N) is 2. The summed E-state index contributed by atoms with van der Waals surface area (Å²) in [6, 6.07) is 11.3. The Labute approximate surface area is 120 Å². The lowest BCUT2D eigenvalue weighted by Gasteiger charge is -2.03. The van der Waals surface area contributed by atoms with Gasteiger partial charge in [-0.25, -0.2) is 4.39 Å². The fourth-order valence-corrected chi connectivity index (χ4v) is 1.99. The number of methoxy groups -OCH3 is 1. The Balaban J connectivity index is 2.06. The van der Waals surface area contributed by atoms with Crippen LogP contribution in [0, 0.1) is 5.82 Å². The van der Waals surface area contributed by atoms with Gasteiger partial charge in [-0.1, -0.05) is 17.3 Å². The highest BCUT2D eigenvalue weighted by molar-refractivity contribution is 5.72. The molecule has 106 valence electrons. The molecule has 0 spiro atoms. The zero-order valence-corrected chi connectivity index (χ0v) is 11.2. The molecule has 1 heterocycles. The van der Waals surface area contributed by atoms with Crippen LogP contribution < -0.4 is 10.5 Å². The first-order chi connectivity index (χ1) is 10.2. The number of para-hydroxylation sites is 1. The van der Waals surface area contributed by atoms with Crippen molar-refractivity contribution in [2.24, 2.45) is 0 Å². The van der Waals surface area contributed by atoms with Crippen molar-refractivity contribution in [1.29, 1.82) is 0 Å². The van der Waals surface area contributed by atoms with Crippen molar-refractivity contribution < 1.29 is 13.7 Å². The maximum Gasteiger partial charge on any atom is 0.260 e. The molecule has 0 radical (unpaired) electrons. The molecule has 0 bridgehead atoms. The summed E-state index contributed by atoms with van der Waals surface area (Å²) in [7, 11) is 1.56. The lowest BCUT2D eigenvalue weighted by atomic mass is 10.1. The van der Waals surface area contributed by atoms with Crippen molar-refractivity contribution >= 4 is 5.69 Å². The molecular weight excluding hydrogens is 273 g/mol. The van der Waals surface area contributed by atoms with Crippen LogP contribution in [0.3, 0.4) is 0 Å². The second kappa shape index (κ2) is 5.24. The van der Waals surface area contributed by atoms with Gasteiger partial charge in [0.1, 0.15) is 11.6 Å². The van der Waals surface area contributed by atoms with Crippen LogP contribution in [-0.4, -0.2) is 17.3 Å². The molecule has 1 aromatic heterocycles. The first-order valence-corrected chi connectivity index (χ1v) is 6.21. The largest absolute Gasteiger partial charge is 0.496 e. The van der Waals surface area contributed by atoms with Crippen molar-refractivity contribution in [2.45, 2.75) is 0 Å². The van der Waals surface area contributed by atoms with Gasteiger partial charge >= 0.3 is 0 Å². The van der Waals surface area contributed by atoms with E-state index in [1.165, 1.54) is 18.2 Å². The van der Waals surface area contributed by atoms with Crippen LogP contribution >= 0.6 is 0 Å². The third-order valence-corrected chi connectivity index (χ3v) is 3.02. The van der Waals surface area contributed by atoms with E-state index in [1.807, 2.05) is 18.2 Å². The lowest BCUT2D eigenvalue weighted by molar-refractivity contribution is 0.413. The first kappa shape index (κ1) is 13.1. The molecule has 0 saturated heterocycles. The summed E-state index contributed by atoms with van der Waals surface area (Å²) < 4.78 is 23.7. The summed E-state index contributed by atoms with van der Waals surface area (Å²) in [4.78, 5) is 4.26. The number of nitrogens with two attached hydrogens (primary N) is 1. The predicted octanol–water partition coefficient (Wildman–Crippen LogP) is 3.13. The van der Waals surface area contributed by atoms with E-state index in [-0.39, 0.29) is 5.89 Å². The summed E-state index contributed by atoms with van der Waals surface area (Å²) in [6.45, 7) is 0. The molecule has 0 aliphatic rings. The molecule has 0 amide bonds. The van der Waals surface area contributed by atoms with Crippen molar-refractivity contribution in [2.75, 3.05) is 12.8 Å². The monoisotopic (exact) mass is 285 g/mol. The summed E-state index contributed by atoms with van der Waals surface area (Å²) in [5, 5.41) is 3.90. The van der Waals surface area contributed by atoms with Crippen molar-refractivity contribution in [3.8, 4) is 28.6 Å². The van der Waals surface area contributed by atoms with Crippen molar-refractivity contribution in [3.63, 3.8) is 0 Å². The maximum atomic E-state index is 13.3. The van der Waals surface area contributed by atoms with Gasteiger partial charge < -0.3 is 15.0 Å². The lowest BCUT2D eigenvalue weighted by Crippen LogP contribution is -1.92. The number of rotatable bonds is 3. The quantitative estimate of drug-likeness (QED) is 0.748. The van der Waals surface area contributed by atoms with E-state index in [9.17, 15) is 4.39 Å². The van der Waals surface area contributed by atoms with Crippen LogP contribution in [-0.2, 0) is 0 Å². The minimum Gasteiger partial charge on any atom is -0.496 e. The number of ether oxygens (including phenoxy) is 1. The maximum absolute atomic E-state index is 13.3. The number of nitrogen functional groups attached to an aromatic ring is 1. The van der Waals surface area contributed by atoms with E-state index in [1.54, 1.807) is 13.2 Å². The fourth-order valence-electron chi connectivity index (χ4n) is 1.99. The van der Waals surface area contributed by atoms with E-state index < -0.39 is 5.82 Å². The van der Waals surface area contributed by atoms with Gasteiger partial charge in [-0.3, -0.25) is 0 Å². The molecule has 0 saturated carbocycles. The van der Waals surface area contributed by atoms with Gasteiger partial charge in [0, 0.05) is 5.69 Å². The topological polar surface area (TPSA) is 74.2 Å². The minimum atomic E-state index is -0.420. The fraction of sp³-hybridized carbons (Fsp3) is 0.0667. The summed E-state index contributed by atoms with van der Waals surface area (Å²) >= 11 is 0. The first-order valence-electron chi connectivity index (χ1n) is 6.21. The zero-order chi connectivity index (χ0) is 14.8. The van der Waals surface area contributed by atoms with Crippen LogP contribution in [0.15, 0.2) is 47.0 Å². The molecule has 3 rings (SSSR count). The SMILES string of the molecule is COc1ccccc1-c1noc(-c2cc(F)ccc2N)n1. The van der Waals surface area contributed by atoms with Gasteiger partial charge in [-0.2, -0.15) is 4.98 Å². The molecular formula is C15H12FN3O2. The van der Waals surface area contributed by atoms with Crippen LogP contribution in [0.1, 0.15) is 0 Å². The minimum absolute atomic E-state index is 0.160. The Bertz CT molecular complexity index is 786. The Morgan fingerprint density at radius 1 is 1.14 bits per heavy atom. The van der Waals surface area contributed by atoms with Crippen molar-refractivity contribution in [3.05, 3.63) is 48.3 Å². The van der Waals surface area contributed by atoms with E-state index in [2.05, 4.69) is 10.1 Å². The molecule has 2 aromatic carbocycles. The van der Waals surface area contributed by atoms with E-state index in [0.717, 1.165) is 0 Å². The smallest absolute Gasteiger partial charge is 0.260 e. The third-order valence-electron chi connectivity index (χ3n) is 3.02. The van der Waals surface area contributed by atoms with Crippen LogP contribution in [0.25, 0.3) is 22.8 Å². The number of aromatic nitrogens is 2. The Kier molecular flexibility index (Phi) is 3.27. The van der Waals surface area contributed by atoms with Gasteiger partial charge in [0.05, 0.1) is 18.2 Å². The standard InChI is InChI=1S/C15H12FN3O2/c1-20-13-5-3-2-4-10(13)14-18-15(21-19-14)11-8-9(16)6-7-12(11)17/h2-8H,17H2,1H3. The zero-order valence-electron chi connectivity index (χ0n) is 11.2. The number of hydrogen-bond donors (Lipinski definition) is 1. The molecule has 0 atom stereocenters. The molecule has 5 nitrogen and oxygen atoms in total. The highest BCUT2D eigenvalue weighted by atomic mass is 19.1. The number of benzene rings is 2. The molecule has 2 N–H and O–H groups in total. The highest BCUT2D eigenvalue weighted by Gasteiger charge is 2.16. The van der Waals surface area contributed by atoms with Gasteiger partial charge in [0.25, 0.3) is 5.89 Å². The average molecular weight is 285 g/mol. The van der Waals surface area contributed by atoms with Crippen molar-refractivity contribution in [1.82, 2.24) is 10.1 Å². The molecule has 0 aliphatic heterocycles. The molecule has 0 unspecified atom stereocenters. The summed E-state index contributed by atoms with van der Waals surface area (Å²) in [6.07, 6.45) is 0. The summed E-state index contributed by atoms with van der Waals surface area (Å²) in [5.74, 6) is 0.715. The summed E-state index contributed by atoms with van der Waals surface area (Å²) in [5.41, 5.74) is 7.22. The molecule has 3 aromatic rings. The molecule has 0 fully saturated rings. The van der Waals surface area contributed by atoms with Gasteiger partial charge in [0.15, 0.2) is 0 Å². The number of halogens is 1. The van der Waals surface area contributed by atoms with Crippen LogP contribution in [0.5, 0.6) is 5.75 Å². The average Bonchev–Trinajstić information content (AvgIpc) is 2.99. The van der Waals surface area contributed by atoms with Gasteiger partial charge in [-0.05, 0) is 30.3 Å². The van der Waals surface area contributed by atoms with Crippen LogP contribution in [0.4, 0.5) is 10.1 Å². The Hall–Kier alpha value is -2.89. The van der Waals surface area contributed by atoms with Gasteiger partial charge in [0.2, 0.25) is 5.82 Å². The normalized spacial score (nSPS) is 10.6. The van der Waals surface area contributed by atoms with E-state index >= 15 is 0 Å². The van der Waals surface area contributed by atoms with E-state index in [4.69, 9.17) is 15.0 Å². The molecule has 0 aliphatic carbocycles. The van der Waals surface area contributed by atoms with E-state index in [0.29, 0.717) is 28.4 Å². The number of anilines is 1.